The van der Waals surface area contributed by atoms with Gasteiger partial charge in [-0.1, -0.05) is 36.4 Å². The minimum Gasteiger partial charge on any atom is -0.296 e. The zero-order valence-corrected chi connectivity index (χ0v) is 18.9. The van der Waals surface area contributed by atoms with Crippen LogP contribution in [-0.4, -0.2) is 50.3 Å². The monoisotopic (exact) mass is 468 g/mol. The Kier molecular flexibility index (Phi) is 7.69. The van der Waals surface area contributed by atoms with E-state index in [2.05, 4.69) is 25.9 Å². The molecule has 1 aromatic heterocycles. The van der Waals surface area contributed by atoms with Crippen LogP contribution in [0.1, 0.15) is 35.4 Å². The number of para-hydroxylation sites is 1. The number of likely N-dealkylation sites (tertiary alicyclic amines) is 1. The van der Waals surface area contributed by atoms with Gasteiger partial charge in [-0.15, -0.1) is 10.2 Å². The average molecular weight is 469 g/mol. The molecule has 0 atom stereocenters. The lowest BCUT2D eigenvalue weighted by molar-refractivity contribution is -0.119. The van der Waals surface area contributed by atoms with Crippen LogP contribution in [-0.2, 0) is 11.3 Å². The molecule has 1 aliphatic rings. The minimum absolute atomic E-state index is 0.0401. The molecule has 8 nitrogen and oxygen atoms in total. The molecule has 2 amide bonds. The van der Waals surface area contributed by atoms with Crippen molar-refractivity contribution in [3.05, 3.63) is 71.8 Å². The normalized spacial score (nSPS) is 14.1. The Balaban J connectivity index is 1.39. The van der Waals surface area contributed by atoms with E-state index in [-0.39, 0.29) is 11.3 Å². The summed E-state index contributed by atoms with van der Waals surface area (Å²) in [4.78, 5) is 26.8. The predicted octanol–water partition coefficient (Wildman–Crippen LogP) is 2.95. The molecule has 0 radical (unpaired) electrons. The summed E-state index contributed by atoms with van der Waals surface area (Å²) in [6.45, 7) is 2.78. The van der Waals surface area contributed by atoms with Gasteiger partial charge in [0.2, 0.25) is 5.91 Å². The SMILES string of the molecule is O=C(CSc1nnc(CN2CCCCC2)n1-c1ccccc1)NNC(=O)c1ccc(F)cc1. The van der Waals surface area contributed by atoms with Gasteiger partial charge >= 0.3 is 0 Å². The van der Waals surface area contributed by atoms with Crippen LogP contribution in [0.4, 0.5) is 4.39 Å². The number of carbonyl (C=O) groups is 2. The van der Waals surface area contributed by atoms with Crippen LogP contribution in [0.3, 0.4) is 0 Å². The maximum Gasteiger partial charge on any atom is 0.269 e. The van der Waals surface area contributed by atoms with E-state index < -0.39 is 17.6 Å². The summed E-state index contributed by atoms with van der Waals surface area (Å²) in [6, 6.07) is 14.9. The third-order valence-electron chi connectivity index (χ3n) is 5.28. The zero-order chi connectivity index (χ0) is 23.0. The highest BCUT2D eigenvalue weighted by Gasteiger charge is 2.19. The number of thioether (sulfide) groups is 1. The Bertz CT molecular complexity index is 1080. The van der Waals surface area contributed by atoms with Gasteiger partial charge in [0.15, 0.2) is 11.0 Å². The lowest BCUT2D eigenvalue weighted by atomic mass is 10.1. The molecule has 0 bridgehead atoms. The first-order valence-corrected chi connectivity index (χ1v) is 11.8. The van der Waals surface area contributed by atoms with Crippen molar-refractivity contribution in [2.24, 2.45) is 0 Å². The Morgan fingerprint density at radius 1 is 0.939 bits per heavy atom. The Hall–Kier alpha value is -3.24. The van der Waals surface area contributed by atoms with Gasteiger partial charge in [0.05, 0.1) is 12.3 Å². The number of carbonyl (C=O) groups excluding carboxylic acids is 2. The summed E-state index contributed by atoms with van der Waals surface area (Å²) in [7, 11) is 0. The molecule has 2 N–H and O–H groups in total. The van der Waals surface area contributed by atoms with Crippen molar-refractivity contribution in [2.75, 3.05) is 18.8 Å². The molecule has 0 aliphatic carbocycles. The molecule has 172 valence electrons. The number of nitrogens with one attached hydrogen (secondary N) is 2. The maximum absolute atomic E-state index is 13.0. The number of nitrogens with zero attached hydrogens (tertiary/aromatic N) is 4. The van der Waals surface area contributed by atoms with Crippen molar-refractivity contribution in [1.29, 1.82) is 0 Å². The summed E-state index contributed by atoms with van der Waals surface area (Å²) in [5.74, 6) is -0.483. The summed E-state index contributed by atoms with van der Waals surface area (Å²) in [5, 5.41) is 9.34. The first-order chi connectivity index (χ1) is 16.1. The van der Waals surface area contributed by atoms with Crippen LogP contribution in [0.5, 0.6) is 0 Å². The molecular formula is C23H25FN6O2S. The lowest BCUT2D eigenvalue weighted by Crippen LogP contribution is -2.42. The molecule has 1 aliphatic heterocycles. The highest BCUT2D eigenvalue weighted by atomic mass is 32.2. The molecule has 10 heteroatoms. The van der Waals surface area contributed by atoms with Gasteiger partial charge in [0.1, 0.15) is 5.82 Å². The number of hydrazine groups is 1. The second-order valence-corrected chi connectivity index (χ2v) is 8.65. The van der Waals surface area contributed by atoms with Gasteiger partial charge in [-0.2, -0.15) is 0 Å². The molecule has 4 rings (SSSR count). The van der Waals surface area contributed by atoms with Gasteiger partial charge in [0, 0.05) is 11.3 Å². The maximum atomic E-state index is 13.0. The highest BCUT2D eigenvalue weighted by Crippen LogP contribution is 2.23. The number of aromatic nitrogens is 3. The standard InChI is InChI=1S/C23H25FN6O2S/c24-18-11-9-17(10-12-18)22(32)27-26-21(31)16-33-23-28-25-20(15-29-13-5-2-6-14-29)30(23)19-7-3-1-4-8-19/h1,3-4,7-12H,2,5-6,13-16H2,(H,26,31)(H,27,32). The summed E-state index contributed by atoms with van der Waals surface area (Å²) in [6.07, 6.45) is 3.63. The van der Waals surface area contributed by atoms with Gasteiger partial charge in [-0.05, 0) is 62.3 Å². The van der Waals surface area contributed by atoms with Gasteiger partial charge in [-0.3, -0.25) is 29.9 Å². The molecule has 2 heterocycles. The summed E-state index contributed by atoms with van der Waals surface area (Å²) >= 11 is 1.24. The van der Waals surface area contributed by atoms with Gasteiger partial charge in [-0.25, -0.2) is 4.39 Å². The van der Waals surface area contributed by atoms with E-state index in [1.54, 1.807) is 0 Å². The fraction of sp³-hybridized carbons (Fsp3) is 0.304. The molecule has 1 fully saturated rings. The lowest BCUT2D eigenvalue weighted by Gasteiger charge is -2.26. The minimum atomic E-state index is -0.523. The van der Waals surface area contributed by atoms with Crippen molar-refractivity contribution in [3.8, 4) is 5.69 Å². The number of benzene rings is 2. The van der Waals surface area contributed by atoms with Crippen LogP contribution in [0.25, 0.3) is 5.69 Å². The quantitative estimate of drug-likeness (QED) is 0.409. The van der Waals surface area contributed by atoms with Gasteiger partial charge in [0.25, 0.3) is 5.91 Å². The molecule has 0 saturated carbocycles. The Morgan fingerprint density at radius 2 is 1.67 bits per heavy atom. The van der Waals surface area contributed by atoms with Crippen molar-refractivity contribution >= 4 is 23.6 Å². The second kappa shape index (κ2) is 11.1. The average Bonchev–Trinajstić information content (AvgIpc) is 3.25. The topological polar surface area (TPSA) is 92.2 Å². The highest BCUT2D eigenvalue weighted by molar-refractivity contribution is 7.99. The third kappa shape index (κ3) is 6.17. The first-order valence-electron chi connectivity index (χ1n) is 10.8. The first kappa shape index (κ1) is 22.9. The number of halogens is 1. The van der Waals surface area contributed by atoms with E-state index in [0.29, 0.717) is 11.7 Å². The summed E-state index contributed by atoms with van der Waals surface area (Å²) < 4.78 is 15.0. The van der Waals surface area contributed by atoms with E-state index in [1.807, 2.05) is 34.9 Å². The van der Waals surface area contributed by atoms with E-state index in [0.717, 1.165) is 24.6 Å². The predicted molar refractivity (Wildman–Crippen MR) is 123 cm³/mol. The Morgan fingerprint density at radius 3 is 2.39 bits per heavy atom. The summed E-state index contributed by atoms with van der Waals surface area (Å²) in [5.41, 5.74) is 5.89. The number of piperidine rings is 1. The van der Waals surface area contributed by atoms with Crippen LogP contribution in [0.15, 0.2) is 59.8 Å². The Labute approximate surface area is 195 Å². The van der Waals surface area contributed by atoms with Crippen molar-refractivity contribution in [1.82, 2.24) is 30.5 Å². The number of rotatable bonds is 7. The number of hydrogen-bond donors (Lipinski definition) is 2. The number of amides is 2. The largest absolute Gasteiger partial charge is 0.296 e. The van der Waals surface area contributed by atoms with Crippen LogP contribution >= 0.6 is 11.8 Å². The molecule has 0 spiro atoms. The second-order valence-electron chi connectivity index (χ2n) is 7.70. The van der Waals surface area contributed by atoms with E-state index in [4.69, 9.17) is 0 Å². The molecule has 2 aromatic carbocycles. The van der Waals surface area contributed by atoms with Crippen LogP contribution in [0, 0.1) is 5.82 Å². The fourth-order valence-corrected chi connectivity index (χ4v) is 4.39. The van der Waals surface area contributed by atoms with E-state index in [9.17, 15) is 14.0 Å². The molecular weight excluding hydrogens is 443 g/mol. The molecule has 33 heavy (non-hydrogen) atoms. The van der Waals surface area contributed by atoms with Crippen LogP contribution in [0.2, 0.25) is 0 Å². The molecule has 0 unspecified atom stereocenters. The van der Waals surface area contributed by atoms with Crippen LogP contribution < -0.4 is 10.9 Å². The third-order valence-corrected chi connectivity index (χ3v) is 6.21. The van der Waals surface area contributed by atoms with E-state index in [1.165, 1.54) is 55.3 Å². The van der Waals surface area contributed by atoms with Crippen molar-refractivity contribution < 1.29 is 14.0 Å². The van der Waals surface area contributed by atoms with Gasteiger partial charge < -0.3 is 0 Å². The molecule has 3 aromatic rings. The fourth-order valence-electron chi connectivity index (χ4n) is 3.62. The number of hydrogen-bond acceptors (Lipinski definition) is 6. The van der Waals surface area contributed by atoms with Crippen molar-refractivity contribution in [3.63, 3.8) is 0 Å². The van der Waals surface area contributed by atoms with Crippen molar-refractivity contribution in [2.45, 2.75) is 31.0 Å². The zero-order valence-electron chi connectivity index (χ0n) is 18.0. The van der Waals surface area contributed by atoms with E-state index >= 15 is 0 Å². The molecule has 1 saturated heterocycles. The smallest absolute Gasteiger partial charge is 0.269 e.